The van der Waals surface area contributed by atoms with Crippen LogP contribution in [0.3, 0.4) is 0 Å². The minimum Gasteiger partial charge on any atom is -0.460 e. The Labute approximate surface area is 112 Å². The Morgan fingerprint density at radius 3 is 2.63 bits per heavy atom. The molecule has 0 aliphatic heterocycles. The fourth-order valence-electron chi connectivity index (χ4n) is 1.61. The molecule has 1 amide bonds. The molecule has 0 saturated heterocycles. The molecule has 6 heteroatoms. The van der Waals surface area contributed by atoms with Gasteiger partial charge in [-0.1, -0.05) is 18.2 Å². The lowest BCUT2D eigenvalue weighted by atomic mass is 9.99. The van der Waals surface area contributed by atoms with Gasteiger partial charge in [0.15, 0.2) is 0 Å². The van der Waals surface area contributed by atoms with E-state index in [1.165, 1.54) is 6.42 Å². The maximum Gasteiger partial charge on any atom is 0.433 e. The second-order valence-electron chi connectivity index (χ2n) is 4.44. The van der Waals surface area contributed by atoms with Crippen LogP contribution in [0.15, 0.2) is 17.3 Å². The molecule has 0 unspecified atom stereocenters. The maximum atomic E-state index is 11.3. The Hall–Kier alpha value is -1.85. The number of esters is 1. The number of oxime groups is 1. The molecule has 0 atom stereocenters. The third-order valence-corrected chi connectivity index (χ3v) is 2.64. The van der Waals surface area contributed by atoms with Crippen molar-refractivity contribution in [1.82, 2.24) is 5.32 Å². The number of carbonyl (C=O) groups is 2. The first-order valence-electron chi connectivity index (χ1n) is 6.43. The summed E-state index contributed by atoms with van der Waals surface area (Å²) in [5, 5.41) is 6.25. The molecule has 1 N–H and O–H groups in total. The fourth-order valence-corrected chi connectivity index (χ4v) is 1.61. The van der Waals surface area contributed by atoms with E-state index in [1.807, 2.05) is 0 Å². The lowest BCUT2D eigenvalue weighted by Crippen LogP contribution is -2.28. The first kappa shape index (κ1) is 15.2. The Morgan fingerprint density at radius 1 is 1.32 bits per heavy atom. The van der Waals surface area contributed by atoms with Crippen LogP contribution >= 0.6 is 0 Å². The summed E-state index contributed by atoms with van der Waals surface area (Å²) in [4.78, 5) is 27.0. The zero-order valence-electron chi connectivity index (χ0n) is 11.2. The van der Waals surface area contributed by atoms with E-state index in [-0.39, 0.29) is 13.2 Å². The second kappa shape index (κ2) is 8.29. The second-order valence-corrected chi connectivity index (χ2v) is 4.44. The van der Waals surface area contributed by atoms with Crippen LogP contribution in [0.4, 0.5) is 4.79 Å². The van der Waals surface area contributed by atoms with Gasteiger partial charge >= 0.3 is 12.1 Å². The number of ether oxygens (including phenoxy) is 1. The van der Waals surface area contributed by atoms with E-state index in [9.17, 15) is 9.59 Å². The molecule has 0 aromatic rings. The number of rotatable bonds is 5. The predicted molar refractivity (Wildman–Crippen MR) is 70.8 cm³/mol. The number of hydrogen-bond donors (Lipinski definition) is 1. The molecule has 0 aromatic carbocycles. The fraction of sp³-hybridized carbons (Fsp3) is 0.615. The van der Waals surface area contributed by atoms with Gasteiger partial charge in [-0.3, -0.25) is 4.84 Å². The van der Waals surface area contributed by atoms with E-state index in [1.54, 1.807) is 6.92 Å². The highest BCUT2D eigenvalue weighted by Crippen LogP contribution is 2.14. The van der Waals surface area contributed by atoms with Crippen molar-refractivity contribution in [1.29, 1.82) is 0 Å². The van der Waals surface area contributed by atoms with Crippen molar-refractivity contribution in [3.05, 3.63) is 12.2 Å². The topological polar surface area (TPSA) is 77.0 Å². The highest BCUT2D eigenvalue weighted by atomic mass is 16.7. The van der Waals surface area contributed by atoms with Crippen molar-refractivity contribution in [2.45, 2.75) is 39.0 Å². The van der Waals surface area contributed by atoms with Crippen molar-refractivity contribution in [2.24, 2.45) is 5.16 Å². The maximum absolute atomic E-state index is 11.3. The largest absolute Gasteiger partial charge is 0.460 e. The van der Waals surface area contributed by atoms with Gasteiger partial charge in [-0.2, -0.15) is 0 Å². The number of nitrogens with one attached hydrogen (secondary N) is 1. The monoisotopic (exact) mass is 268 g/mol. The van der Waals surface area contributed by atoms with Gasteiger partial charge in [0.1, 0.15) is 6.61 Å². The van der Waals surface area contributed by atoms with Crippen LogP contribution in [-0.2, 0) is 14.4 Å². The van der Waals surface area contributed by atoms with Crippen LogP contribution in [0.5, 0.6) is 0 Å². The minimum absolute atomic E-state index is 0.0807. The molecule has 1 rings (SSSR count). The van der Waals surface area contributed by atoms with Gasteiger partial charge in [-0.15, -0.1) is 0 Å². The smallest absolute Gasteiger partial charge is 0.433 e. The van der Waals surface area contributed by atoms with Crippen LogP contribution in [0, 0.1) is 0 Å². The highest BCUT2D eigenvalue weighted by molar-refractivity contribution is 5.87. The van der Waals surface area contributed by atoms with Gasteiger partial charge in [0.2, 0.25) is 0 Å². The SMILES string of the molecule is C=C(C)C(=O)OCCNC(=O)ON=C1CCCCC1. The molecule has 0 spiro atoms. The molecule has 0 heterocycles. The standard InChI is InChI=1S/C13H20N2O4/c1-10(2)12(16)18-9-8-14-13(17)19-15-11-6-4-3-5-7-11/h1,3-9H2,2H3,(H,14,17). The zero-order valence-corrected chi connectivity index (χ0v) is 11.2. The van der Waals surface area contributed by atoms with Crippen molar-refractivity contribution < 1.29 is 19.2 Å². The van der Waals surface area contributed by atoms with Gasteiger partial charge in [-0.25, -0.2) is 9.59 Å². The van der Waals surface area contributed by atoms with Gasteiger partial charge in [0, 0.05) is 5.57 Å². The van der Waals surface area contributed by atoms with Crippen molar-refractivity contribution >= 4 is 17.8 Å². The summed E-state index contributed by atoms with van der Waals surface area (Å²) in [6.07, 6.45) is 4.55. The van der Waals surface area contributed by atoms with Gasteiger partial charge in [0.25, 0.3) is 0 Å². The predicted octanol–water partition coefficient (Wildman–Crippen LogP) is 2.15. The molecule has 0 radical (unpaired) electrons. The lowest BCUT2D eigenvalue weighted by Gasteiger charge is -2.11. The van der Waals surface area contributed by atoms with E-state index < -0.39 is 12.1 Å². The van der Waals surface area contributed by atoms with Crippen LogP contribution < -0.4 is 5.32 Å². The number of hydrogen-bond acceptors (Lipinski definition) is 5. The summed E-state index contributed by atoms with van der Waals surface area (Å²) >= 11 is 0. The van der Waals surface area contributed by atoms with Crippen LogP contribution in [0.2, 0.25) is 0 Å². The average molecular weight is 268 g/mol. The summed E-state index contributed by atoms with van der Waals surface area (Å²) in [5.41, 5.74) is 1.25. The first-order chi connectivity index (χ1) is 9.09. The Morgan fingerprint density at radius 2 is 2.00 bits per heavy atom. The van der Waals surface area contributed by atoms with E-state index in [0.29, 0.717) is 5.57 Å². The Bertz CT molecular complexity index is 369. The lowest BCUT2D eigenvalue weighted by molar-refractivity contribution is -0.138. The van der Waals surface area contributed by atoms with Crippen molar-refractivity contribution in [2.75, 3.05) is 13.2 Å². The van der Waals surface area contributed by atoms with Gasteiger partial charge in [0.05, 0.1) is 12.3 Å². The Balaban J connectivity index is 2.11. The molecule has 1 aliphatic rings. The highest BCUT2D eigenvalue weighted by Gasteiger charge is 2.09. The number of carbonyl (C=O) groups excluding carboxylic acids is 2. The molecular weight excluding hydrogens is 248 g/mol. The van der Waals surface area contributed by atoms with E-state index >= 15 is 0 Å². The molecule has 0 bridgehead atoms. The normalized spacial score (nSPS) is 14.5. The van der Waals surface area contributed by atoms with Crippen LogP contribution in [-0.4, -0.2) is 30.9 Å². The molecule has 1 aliphatic carbocycles. The molecule has 19 heavy (non-hydrogen) atoms. The molecule has 6 nitrogen and oxygen atoms in total. The molecular formula is C13H20N2O4. The third kappa shape index (κ3) is 6.59. The van der Waals surface area contributed by atoms with Gasteiger partial charge in [-0.05, 0) is 32.6 Å². The molecule has 1 fully saturated rings. The van der Waals surface area contributed by atoms with Crippen LogP contribution in [0.25, 0.3) is 0 Å². The Kier molecular flexibility index (Phi) is 6.63. The zero-order chi connectivity index (χ0) is 14.1. The molecule has 0 aromatic heterocycles. The average Bonchev–Trinajstić information content (AvgIpc) is 2.42. The first-order valence-corrected chi connectivity index (χ1v) is 6.43. The summed E-state index contributed by atoms with van der Waals surface area (Å²) in [5.74, 6) is -0.474. The van der Waals surface area contributed by atoms with E-state index in [4.69, 9.17) is 9.57 Å². The number of nitrogens with zero attached hydrogens (tertiary/aromatic N) is 1. The quantitative estimate of drug-likeness (QED) is 0.272. The van der Waals surface area contributed by atoms with E-state index in [0.717, 1.165) is 31.4 Å². The van der Waals surface area contributed by atoms with Crippen molar-refractivity contribution in [3.63, 3.8) is 0 Å². The van der Waals surface area contributed by atoms with Crippen molar-refractivity contribution in [3.8, 4) is 0 Å². The molecule has 1 saturated carbocycles. The third-order valence-electron chi connectivity index (χ3n) is 2.64. The molecule has 106 valence electrons. The number of amides is 1. The van der Waals surface area contributed by atoms with Gasteiger partial charge < -0.3 is 10.1 Å². The summed E-state index contributed by atoms with van der Waals surface area (Å²) in [6, 6.07) is 0. The van der Waals surface area contributed by atoms with E-state index in [2.05, 4.69) is 17.1 Å². The minimum atomic E-state index is -0.635. The summed E-state index contributed by atoms with van der Waals surface area (Å²) in [6.45, 7) is 5.27. The summed E-state index contributed by atoms with van der Waals surface area (Å²) < 4.78 is 4.80. The summed E-state index contributed by atoms with van der Waals surface area (Å²) in [7, 11) is 0. The van der Waals surface area contributed by atoms with Crippen LogP contribution in [0.1, 0.15) is 39.0 Å².